The third kappa shape index (κ3) is 4.38. The minimum Gasteiger partial charge on any atom is -0.483 e. The van der Waals surface area contributed by atoms with E-state index in [1.54, 1.807) is 24.1 Å². The normalized spacial score (nSPS) is 26.7. The fourth-order valence-corrected chi connectivity index (χ4v) is 6.19. The van der Waals surface area contributed by atoms with E-state index in [-0.39, 0.29) is 33.8 Å². The zero-order chi connectivity index (χ0) is 23.0. The topological polar surface area (TPSA) is 64.9 Å². The van der Waals surface area contributed by atoms with Gasteiger partial charge in [0.05, 0.1) is 17.1 Å². The third-order valence-corrected chi connectivity index (χ3v) is 7.92. The minimum atomic E-state index is -0.352. The molecule has 4 aliphatic rings. The second kappa shape index (κ2) is 8.69. The summed E-state index contributed by atoms with van der Waals surface area (Å²) >= 11 is 7.66. The van der Waals surface area contributed by atoms with Crippen LogP contribution in [0.2, 0.25) is 5.02 Å². The molecular formula is C24H27ClFN3O2S. The highest BCUT2D eigenvalue weighted by atomic mass is 35.5. The maximum Gasteiger partial charge on any atom is 0.290 e. The van der Waals surface area contributed by atoms with Crippen LogP contribution in [0, 0.1) is 11.2 Å². The Morgan fingerprint density at radius 3 is 2.44 bits per heavy atom. The summed E-state index contributed by atoms with van der Waals surface area (Å²) in [5.74, 6) is 0.848. The van der Waals surface area contributed by atoms with E-state index in [1.165, 1.54) is 10.7 Å². The molecule has 0 saturated heterocycles. The Hall–Kier alpha value is -2.09. The molecule has 8 heteroatoms. The van der Waals surface area contributed by atoms with E-state index in [0.29, 0.717) is 6.54 Å². The quantitative estimate of drug-likeness (QED) is 0.433. The van der Waals surface area contributed by atoms with E-state index in [4.69, 9.17) is 26.5 Å². The van der Waals surface area contributed by atoms with Crippen LogP contribution in [0.1, 0.15) is 38.7 Å². The van der Waals surface area contributed by atoms with Gasteiger partial charge in [-0.05, 0) is 74.9 Å². The van der Waals surface area contributed by atoms with Gasteiger partial charge < -0.3 is 10.4 Å². The average Bonchev–Trinajstić information content (AvgIpc) is 3.04. The number of hydrogen-bond donors (Lipinski definition) is 2. The summed E-state index contributed by atoms with van der Waals surface area (Å²) in [5.41, 5.74) is 1.38. The van der Waals surface area contributed by atoms with Gasteiger partial charge in [-0.1, -0.05) is 35.9 Å². The number of amidine groups is 1. The van der Waals surface area contributed by atoms with Gasteiger partial charge in [0.1, 0.15) is 11.7 Å². The van der Waals surface area contributed by atoms with Crippen LogP contribution >= 0.6 is 23.5 Å². The van der Waals surface area contributed by atoms with Crippen LogP contribution in [0.25, 0.3) is 0 Å². The highest BCUT2D eigenvalue weighted by Crippen LogP contribution is 2.72. The first-order valence-electron chi connectivity index (χ1n) is 10.6. The highest BCUT2D eigenvalue weighted by molar-refractivity contribution is 7.97. The molecule has 6 rings (SSSR count). The lowest BCUT2D eigenvalue weighted by Crippen LogP contribution is -2.77. The Balaban J connectivity index is 0.000000775. The molecule has 0 spiro atoms. The van der Waals surface area contributed by atoms with Crippen LogP contribution in [0.3, 0.4) is 0 Å². The second-order valence-corrected chi connectivity index (χ2v) is 11.0. The van der Waals surface area contributed by atoms with E-state index >= 15 is 0 Å². The van der Waals surface area contributed by atoms with Crippen molar-refractivity contribution in [3.05, 3.63) is 64.9 Å². The zero-order valence-electron chi connectivity index (χ0n) is 18.1. The fourth-order valence-electron chi connectivity index (χ4n) is 4.94. The lowest BCUT2D eigenvalue weighted by molar-refractivity contribution is -0.147. The lowest BCUT2D eigenvalue weighted by atomic mass is 9.38. The maximum atomic E-state index is 14.0. The molecule has 3 fully saturated rings. The number of carbonyl (C=O) groups is 1. The van der Waals surface area contributed by atoms with Crippen LogP contribution in [-0.4, -0.2) is 39.3 Å². The van der Waals surface area contributed by atoms with Gasteiger partial charge >= 0.3 is 0 Å². The van der Waals surface area contributed by atoms with Crippen LogP contribution < -0.4 is 5.32 Å². The number of nitrogens with zero attached hydrogens (tertiary/aromatic N) is 2. The molecule has 0 aromatic heterocycles. The molecule has 2 aromatic rings. The largest absolute Gasteiger partial charge is 0.483 e. The van der Waals surface area contributed by atoms with Crippen molar-refractivity contribution in [1.29, 1.82) is 0 Å². The zero-order valence-corrected chi connectivity index (χ0v) is 19.7. The summed E-state index contributed by atoms with van der Waals surface area (Å²) in [6.07, 6.45) is 3.33. The molecular weight excluding hydrogens is 449 g/mol. The van der Waals surface area contributed by atoms with Crippen molar-refractivity contribution in [2.45, 2.75) is 55.6 Å². The van der Waals surface area contributed by atoms with Crippen LogP contribution in [0.15, 0.2) is 58.4 Å². The molecule has 3 saturated carbocycles. The first kappa shape index (κ1) is 23.1. The molecule has 2 bridgehead atoms. The van der Waals surface area contributed by atoms with E-state index in [0.717, 1.165) is 31.4 Å². The Morgan fingerprint density at radius 2 is 1.88 bits per heavy atom. The molecule has 5 nitrogen and oxygen atoms in total. The van der Waals surface area contributed by atoms with Gasteiger partial charge in [-0.15, -0.1) is 0 Å². The molecule has 0 amide bonds. The number of rotatable bonds is 6. The number of benzene rings is 2. The predicted octanol–water partition coefficient (Wildman–Crippen LogP) is 5.39. The van der Waals surface area contributed by atoms with E-state index in [9.17, 15) is 4.39 Å². The third-order valence-electron chi connectivity index (χ3n) is 6.39. The van der Waals surface area contributed by atoms with Gasteiger partial charge in [-0.25, -0.2) is 8.70 Å². The molecule has 2 N–H and O–H groups in total. The Morgan fingerprint density at radius 1 is 1.22 bits per heavy atom. The summed E-state index contributed by atoms with van der Waals surface area (Å²) in [5, 5.41) is 10.7. The van der Waals surface area contributed by atoms with Gasteiger partial charge in [-0.2, -0.15) is 0 Å². The number of halogens is 2. The van der Waals surface area contributed by atoms with Gasteiger partial charge in [0.25, 0.3) is 6.47 Å². The van der Waals surface area contributed by atoms with Crippen molar-refractivity contribution in [3.8, 4) is 0 Å². The van der Waals surface area contributed by atoms with Crippen molar-refractivity contribution in [1.82, 2.24) is 9.62 Å². The first-order chi connectivity index (χ1) is 15.2. The summed E-state index contributed by atoms with van der Waals surface area (Å²) in [7, 11) is 0. The van der Waals surface area contributed by atoms with E-state index in [1.807, 2.05) is 12.1 Å². The van der Waals surface area contributed by atoms with Gasteiger partial charge in [0.15, 0.2) is 0 Å². The number of nitrogens with one attached hydrogen (secondary N) is 1. The summed E-state index contributed by atoms with van der Waals surface area (Å²) in [6.45, 7) is 5.70. The van der Waals surface area contributed by atoms with E-state index in [2.05, 4.69) is 47.7 Å². The number of carboxylic acid groups (broad SMARTS) is 1. The summed E-state index contributed by atoms with van der Waals surface area (Å²) in [6, 6.07) is 15.6. The summed E-state index contributed by atoms with van der Waals surface area (Å²) < 4.78 is 16.5. The predicted molar refractivity (Wildman–Crippen MR) is 126 cm³/mol. The van der Waals surface area contributed by atoms with Gasteiger partial charge in [0.2, 0.25) is 0 Å². The standard InChI is InChI=1S/C23H25ClFN3S.CH2O2/c1-21(2)15-26-20(27-21)22-12-23(13-22,14-22)28(29-17-6-4-3-5-7-17)11-16-8-9-18(24)19(25)10-16;2-1-3/h3-10H,11-15H2,1-2H3,(H,26,27);1H,(H,2,3). The second-order valence-electron chi connectivity index (χ2n) is 9.50. The Kier molecular flexibility index (Phi) is 6.27. The molecule has 32 heavy (non-hydrogen) atoms. The first-order valence-corrected chi connectivity index (χ1v) is 11.7. The Labute approximate surface area is 197 Å². The molecule has 0 radical (unpaired) electrons. The molecule has 1 heterocycles. The van der Waals surface area contributed by atoms with Crippen LogP contribution in [-0.2, 0) is 11.3 Å². The van der Waals surface area contributed by atoms with Crippen molar-refractivity contribution in [2.24, 2.45) is 10.4 Å². The minimum absolute atomic E-state index is 0.0667. The van der Waals surface area contributed by atoms with Gasteiger partial charge in [-0.3, -0.25) is 9.79 Å². The molecule has 170 valence electrons. The van der Waals surface area contributed by atoms with Crippen molar-refractivity contribution >= 4 is 35.9 Å². The van der Waals surface area contributed by atoms with Crippen LogP contribution in [0.4, 0.5) is 4.39 Å². The number of hydrogen-bond acceptors (Lipinski definition) is 5. The molecule has 0 atom stereocenters. The lowest BCUT2D eigenvalue weighted by Gasteiger charge is -2.73. The van der Waals surface area contributed by atoms with Gasteiger partial charge in [0, 0.05) is 22.4 Å². The number of aliphatic imine (C=N–C) groups is 1. The highest BCUT2D eigenvalue weighted by Gasteiger charge is 2.73. The fraction of sp³-hybridized carbons (Fsp3) is 0.417. The average molecular weight is 476 g/mol. The van der Waals surface area contributed by atoms with Crippen LogP contribution in [0.5, 0.6) is 0 Å². The molecule has 1 aliphatic heterocycles. The SMILES string of the molecule is CC1(C)CN=C(C23CC(N(Cc4ccc(Cl)c(F)c4)Sc4ccccc4)(C2)C3)N1.O=CO. The Bertz CT molecular complexity index is 1010. The monoisotopic (exact) mass is 475 g/mol. The maximum absolute atomic E-state index is 14.0. The molecule has 0 unspecified atom stereocenters. The van der Waals surface area contributed by atoms with E-state index < -0.39 is 0 Å². The summed E-state index contributed by atoms with van der Waals surface area (Å²) in [4.78, 5) is 14.4. The van der Waals surface area contributed by atoms with Crippen molar-refractivity contribution < 1.29 is 14.3 Å². The molecule has 2 aromatic carbocycles. The molecule has 3 aliphatic carbocycles. The smallest absolute Gasteiger partial charge is 0.290 e. The van der Waals surface area contributed by atoms with Crippen molar-refractivity contribution in [2.75, 3.05) is 6.54 Å². The van der Waals surface area contributed by atoms with Crippen molar-refractivity contribution in [3.63, 3.8) is 0 Å².